The number of hydrogen-bond donors (Lipinski definition) is 1. The normalized spacial score (nSPS) is 12.7. The molecule has 57 heavy (non-hydrogen) atoms. The second-order valence-electron chi connectivity index (χ2n) is 16.4. The molecule has 298 valence electrons. The number of anilines is 5. The van der Waals surface area contributed by atoms with Crippen LogP contribution in [0.4, 0.5) is 34.1 Å². The highest BCUT2D eigenvalue weighted by atomic mass is 16.5. The standard InChI is InChI=1S/C48H59N8O/c1-8-9-29-57-30-28-55-49-45-43(37-20-24-41(25-21-37)53(31-34(2)3)39-16-12-10-13-17-39)47-48(52-56(51-47)33-36(6)7)44(46(45)50-55)38-22-26-42(27-23-38)54(32-35(4)5)40-18-14-11-15-19-40/h10-27,34-36,49H,8-9,28-33H2,1-7H3/q-1. The van der Waals surface area contributed by atoms with Gasteiger partial charge in [0, 0.05) is 60.2 Å². The summed E-state index contributed by atoms with van der Waals surface area (Å²) in [6.07, 6.45) is 2.15. The summed E-state index contributed by atoms with van der Waals surface area (Å²) in [5.41, 5.74) is 21.2. The van der Waals surface area contributed by atoms with Gasteiger partial charge in [0.1, 0.15) is 11.0 Å². The van der Waals surface area contributed by atoms with E-state index in [1.54, 1.807) is 0 Å². The molecule has 1 aliphatic heterocycles. The summed E-state index contributed by atoms with van der Waals surface area (Å²) in [7, 11) is 0. The molecular formula is C48H59N8O-. The summed E-state index contributed by atoms with van der Waals surface area (Å²) in [5, 5.41) is 12.4. The number of unbranched alkanes of at least 4 members (excludes halogenated alkanes) is 1. The molecule has 0 amide bonds. The predicted molar refractivity (Wildman–Crippen MR) is 239 cm³/mol. The average molecular weight is 764 g/mol. The van der Waals surface area contributed by atoms with Crippen LogP contribution in [-0.4, -0.2) is 53.0 Å². The van der Waals surface area contributed by atoms with Crippen molar-refractivity contribution in [3.63, 3.8) is 0 Å². The maximum absolute atomic E-state index is 6.00. The van der Waals surface area contributed by atoms with Crippen LogP contribution in [0.1, 0.15) is 61.3 Å². The van der Waals surface area contributed by atoms with Gasteiger partial charge in [-0.25, -0.2) is 0 Å². The first-order valence-corrected chi connectivity index (χ1v) is 20.8. The second-order valence-corrected chi connectivity index (χ2v) is 16.4. The molecule has 5 aromatic carbocycles. The van der Waals surface area contributed by atoms with Crippen molar-refractivity contribution in [3.05, 3.63) is 115 Å². The van der Waals surface area contributed by atoms with E-state index in [9.17, 15) is 0 Å². The van der Waals surface area contributed by atoms with Crippen LogP contribution in [0.3, 0.4) is 0 Å². The first-order chi connectivity index (χ1) is 27.7. The van der Waals surface area contributed by atoms with Crippen LogP contribution in [0.5, 0.6) is 0 Å². The van der Waals surface area contributed by atoms with Gasteiger partial charge in [0.2, 0.25) is 0 Å². The molecule has 2 heterocycles. The predicted octanol–water partition coefficient (Wildman–Crippen LogP) is 12.4. The minimum atomic E-state index is 0.380. The van der Waals surface area contributed by atoms with E-state index in [1.807, 2.05) is 9.91 Å². The summed E-state index contributed by atoms with van der Waals surface area (Å²) in [6.45, 7) is 20.1. The van der Waals surface area contributed by atoms with Crippen LogP contribution in [0.2, 0.25) is 0 Å². The Morgan fingerprint density at radius 3 is 1.60 bits per heavy atom. The Kier molecular flexibility index (Phi) is 12.8. The summed E-state index contributed by atoms with van der Waals surface area (Å²) >= 11 is 0. The van der Waals surface area contributed by atoms with E-state index in [-0.39, 0.29) is 0 Å². The molecule has 0 saturated heterocycles. The van der Waals surface area contributed by atoms with E-state index in [2.05, 4.69) is 173 Å². The van der Waals surface area contributed by atoms with Crippen molar-refractivity contribution < 1.29 is 4.74 Å². The van der Waals surface area contributed by atoms with E-state index < -0.39 is 0 Å². The summed E-state index contributed by atoms with van der Waals surface area (Å²) in [5.74, 6) is 1.36. The third kappa shape index (κ3) is 9.27. The second kappa shape index (κ2) is 18.3. The number of aromatic nitrogens is 3. The van der Waals surface area contributed by atoms with Gasteiger partial charge in [0.05, 0.1) is 13.2 Å². The monoisotopic (exact) mass is 763 g/mol. The van der Waals surface area contributed by atoms with Crippen LogP contribution >= 0.6 is 0 Å². The average Bonchev–Trinajstić information content (AvgIpc) is 3.82. The van der Waals surface area contributed by atoms with Gasteiger partial charge in [-0.15, -0.1) is 0 Å². The molecule has 1 aliphatic rings. The van der Waals surface area contributed by atoms with Crippen molar-refractivity contribution in [2.24, 2.45) is 17.8 Å². The Morgan fingerprint density at radius 2 is 1.11 bits per heavy atom. The quantitative estimate of drug-likeness (QED) is 0.0874. The highest BCUT2D eigenvalue weighted by Gasteiger charge is 2.26. The molecule has 0 saturated carbocycles. The molecule has 1 N–H and O–H groups in total. The van der Waals surface area contributed by atoms with Crippen molar-refractivity contribution in [2.75, 3.05) is 48.1 Å². The van der Waals surface area contributed by atoms with Gasteiger partial charge >= 0.3 is 0 Å². The number of benzene rings is 5. The molecule has 9 nitrogen and oxygen atoms in total. The lowest BCUT2D eigenvalue weighted by Crippen LogP contribution is -2.25. The Morgan fingerprint density at radius 1 is 0.614 bits per heavy atom. The molecule has 0 atom stereocenters. The van der Waals surface area contributed by atoms with E-state index in [0.717, 1.165) is 88.6 Å². The molecule has 0 spiro atoms. The molecule has 9 heteroatoms. The number of para-hydroxylation sites is 2. The highest BCUT2D eigenvalue weighted by Crippen LogP contribution is 2.54. The lowest BCUT2D eigenvalue weighted by atomic mass is 9.93. The molecular weight excluding hydrogens is 705 g/mol. The van der Waals surface area contributed by atoms with Crippen molar-refractivity contribution in [3.8, 4) is 22.3 Å². The largest absolute Gasteiger partial charge is 0.599 e. The van der Waals surface area contributed by atoms with Gasteiger partial charge < -0.3 is 25.4 Å². The van der Waals surface area contributed by atoms with Crippen molar-refractivity contribution in [2.45, 2.75) is 67.9 Å². The minimum Gasteiger partial charge on any atom is -0.599 e. The van der Waals surface area contributed by atoms with Crippen molar-refractivity contribution >= 4 is 45.2 Å². The molecule has 0 radical (unpaired) electrons. The Balaban J connectivity index is 1.34. The lowest BCUT2D eigenvalue weighted by Gasteiger charge is -2.30. The topological polar surface area (TPSA) is 75.8 Å². The van der Waals surface area contributed by atoms with Gasteiger partial charge in [-0.2, -0.15) is 15.0 Å². The smallest absolute Gasteiger partial charge is 0.123 e. The van der Waals surface area contributed by atoms with E-state index in [4.69, 9.17) is 20.4 Å². The van der Waals surface area contributed by atoms with Gasteiger partial charge in [-0.05, 0) is 89.4 Å². The fraction of sp³-hybridized carbons (Fsp3) is 0.375. The number of fused-ring (bicyclic) bond motifs is 2. The number of nitrogens with zero attached hydrogens (tertiary/aromatic N) is 7. The highest BCUT2D eigenvalue weighted by molar-refractivity contribution is 6.15. The SMILES string of the molecule is CCCCOCCN1[N-]c2c(c(-c3ccc(N(CC(C)C)c4ccccc4)cc3)c3nn(CC(C)C)nc3c2-c2ccc(N(CC(C)C)c3ccccc3)cc2)N1. The van der Waals surface area contributed by atoms with Crippen LogP contribution < -0.4 is 15.2 Å². The Bertz CT molecular complexity index is 2040. The van der Waals surface area contributed by atoms with Crippen LogP contribution in [0.15, 0.2) is 109 Å². The molecule has 0 fully saturated rings. The summed E-state index contributed by atoms with van der Waals surface area (Å²) < 4.78 is 6.00. The van der Waals surface area contributed by atoms with Crippen LogP contribution in [0, 0.1) is 17.8 Å². The third-order valence-corrected chi connectivity index (χ3v) is 10.1. The minimum absolute atomic E-state index is 0.380. The van der Waals surface area contributed by atoms with Gasteiger partial charge in [0.25, 0.3) is 0 Å². The zero-order chi connectivity index (χ0) is 39.9. The first-order valence-electron chi connectivity index (χ1n) is 20.8. The molecule has 0 aliphatic carbocycles. The summed E-state index contributed by atoms with van der Waals surface area (Å²) in [6, 6.07) is 39.1. The molecule has 6 aromatic rings. The first kappa shape index (κ1) is 39.8. The maximum Gasteiger partial charge on any atom is 0.123 e. The van der Waals surface area contributed by atoms with Gasteiger partial charge in [-0.3, -0.25) is 5.12 Å². The number of nitrogens with one attached hydrogen (secondary N) is 1. The van der Waals surface area contributed by atoms with Gasteiger partial charge in [-0.1, -0.05) is 121 Å². The number of hydrogen-bond acceptors (Lipinski definition) is 7. The molecule has 7 rings (SSSR count). The molecule has 1 aromatic heterocycles. The number of hydrazine groups is 1. The van der Waals surface area contributed by atoms with E-state index in [0.29, 0.717) is 37.5 Å². The van der Waals surface area contributed by atoms with Crippen LogP contribution in [0.25, 0.3) is 38.7 Å². The third-order valence-electron chi connectivity index (χ3n) is 10.1. The number of ether oxygens (including phenoxy) is 1. The fourth-order valence-electron chi connectivity index (χ4n) is 7.49. The summed E-state index contributed by atoms with van der Waals surface area (Å²) in [4.78, 5) is 6.67. The zero-order valence-corrected chi connectivity index (χ0v) is 34.8. The Labute approximate surface area is 339 Å². The Hall–Kier alpha value is -5.38. The maximum atomic E-state index is 6.00. The zero-order valence-electron chi connectivity index (χ0n) is 34.8. The van der Waals surface area contributed by atoms with Crippen molar-refractivity contribution in [1.29, 1.82) is 0 Å². The van der Waals surface area contributed by atoms with E-state index >= 15 is 0 Å². The fourth-order valence-corrected chi connectivity index (χ4v) is 7.49. The lowest BCUT2D eigenvalue weighted by molar-refractivity contribution is 0.118. The molecule has 0 unspecified atom stereocenters. The molecule has 0 bridgehead atoms. The van der Waals surface area contributed by atoms with Crippen LogP contribution in [-0.2, 0) is 11.3 Å². The number of rotatable bonds is 18. The van der Waals surface area contributed by atoms with Crippen molar-refractivity contribution in [1.82, 2.24) is 20.1 Å². The van der Waals surface area contributed by atoms with E-state index in [1.165, 1.54) is 11.4 Å². The van der Waals surface area contributed by atoms with Gasteiger partial charge in [0.15, 0.2) is 0 Å².